The summed E-state index contributed by atoms with van der Waals surface area (Å²) in [4.78, 5) is 24.3. The zero-order valence-corrected chi connectivity index (χ0v) is 11.6. The molecule has 0 aromatic heterocycles. The molecule has 108 valence electrons. The summed E-state index contributed by atoms with van der Waals surface area (Å²) in [6.07, 6.45) is 0.362. The average molecular weight is 278 g/mol. The van der Waals surface area contributed by atoms with Crippen molar-refractivity contribution in [1.82, 2.24) is 4.90 Å². The van der Waals surface area contributed by atoms with Gasteiger partial charge >= 0.3 is 0 Å². The molecular formula is C14H18N2O4. The molecular weight excluding hydrogens is 260 g/mol. The maximum atomic E-state index is 12.4. The molecule has 0 bridgehead atoms. The van der Waals surface area contributed by atoms with E-state index < -0.39 is 11.0 Å². The molecule has 1 heterocycles. The molecule has 0 saturated carbocycles. The molecule has 1 N–H and O–H groups in total. The van der Waals surface area contributed by atoms with E-state index in [4.69, 9.17) is 0 Å². The summed E-state index contributed by atoms with van der Waals surface area (Å²) < 4.78 is 0. The standard InChI is InChI=1S/C14H18N2O4/c1-9-7-12(16(19)20)3-4-13(9)14(18)15-6-5-11(8-15)10(2)17/h3-4,7,10-11,17H,5-6,8H2,1-2H3. The number of nitro groups is 1. The Labute approximate surface area is 117 Å². The lowest BCUT2D eigenvalue weighted by molar-refractivity contribution is -0.384. The van der Waals surface area contributed by atoms with Crippen LogP contribution in [0.2, 0.25) is 0 Å². The fourth-order valence-electron chi connectivity index (χ4n) is 2.54. The minimum absolute atomic E-state index is 0.0117. The lowest BCUT2D eigenvalue weighted by atomic mass is 10.0. The van der Waals surface area contributed by atoms with Crippen molar-refractivity contribution in [3.8, 4) is 0 Å². The predicted molar refractivity (Wildman–Crippen MR) is 73.5 cm³/mol. The van der Waals surface area contributed by atoms with E-state index in [1.54, 1.807) is 18.7 Å². The Morgan fingerprint density at radius 3 is 2.75 bits per heavy atom. The zero-order valence-electron chi connectivity index (χ0n) is 11.6. The first-order valence-corrected chi connectivity index (χ1v) is 6.62. The maximum Gasteiger partial charge on any atom is 0.269 e. The van der Waals surface area contributed by atoms with Crippen molar-refractivity contribution in [3.63, 3.8) is 0 Å². The van der Waals surface area contributed by atoms with Crippen LogP contribution in [0, 0.1) is 23.0 Å². The first-order chi connectivity index (χ1) is 9.40. The van der Waals surface area contributed by atoms with E-state index in [1.165, 1.54) is 18.2 Å². The molecule has 1 aliphatic rings. The number of nitrogens with zero attached hydrogens (tertiary/aromatic N) is 2. The van der Waals surface area contributed by atoms with Crippen LogP contribution >= 0.6 is 0 Å². The number of carbonyl (C=O) groups excluding carboxylic acids is 1. The van der Waals surface area contributed by atoms with Crippen molar-refractivity contribution >= 4 is 11.6 Å². The van der Waals surface area contributed by atoms with Crippen LogP contribution in [-0.4, -0.2) is 40.0 Å². The SMILES string of the molecule is Cc1cc([N+](=O)[O-])ccc1C(=O)N1CCC(C(C)O)C1. The number of benzene rings is 1. The lowest BCUT2D eigenvalue weighted by Crippen LogP contribution is -2.30. The fourth-order valence-corrected chi connectivity index (χ4v) is 2.54. The van der Waals surface area contributed by atoms with Crippen molar-refractivity contribution in [2.45, 2.75) is 26.4 Å². The molecule has 1 aromatic rings. The Kier molecular flexibility index (Phi) is 4.04. The van der Waals surface area contributed by atoms with Gasteiger partial charge in [-0.15, -0.1) is 0 Å². The van der Waals surface area contributed by atoms with Gasteiger partial charge in [0.25, 0.3) is 11.6 Å². The van der Waals surface area contributed by atoms with Crippen molar-refractivity contribution in [3.05, 3.63) is 39.4 Å². The summed E-state index contributed by atoms with van der Waals surface area (Å²) in [5, 5.41) is 20.3. The second-order valence-electron chi connectivity index (χ2n) is 5.30. The van der Waals surface area contributed by atoms with Crippen LogP contribution in [0.3, 0.4) is 0 Å². The maximum absolute atomic E-state index is 12.4. The van der Waals surface area contributed by atoms with Gasteiger partial charge in [0, 0.05) is 36.7 Å². The minimum Gasteiger partial charge on any atom is -0.393 e. The third-order valence-corrected chi connectivity index (χ3v) is 3.85. The van der Waals surface area contributed by atoms with Crippen molar-refractivity contribution in [2.75, 3.05) is 13.1 Å². The lowest BCUT2D eigenvalue weighted by Gasteiger charge is -2.18. The highest BCUT2D eigenvalue weighted by atomic mass is 16.6. The van der Waals surface area contributed by atoms with Gasteiger partial charge in [0.2, 0.25) is 0 Å². The van der Waals surface area contributed by atoms with Gasteiger partial charge in [-0.1, -0.05) is 0 Å². The highest BCUT2D eigenvalue weighted by Crippen LogP contribution is 2.24. The fraction of sp³-hybridized carbons (Fsp3) is 0.500. The zero-order chi connectivity index (χ0) is 14.9. The second kappa shape index (κ2) is 5.58. The summed E-state index contributed by atoms with van der Waals surface area (Å²) in [5.74, 6) is -0.0159. The molecule has 0 radical (unpaired) electrons. The molecule has 1 amide bonds. The van der Waals surface area contributed by atoms with Crippen LogP contribution in [-0.2, 0) is 0 Å². The van der Waals surface area contributed by atoms with E-state index in [1.807, 2.05) is 0 Å². The molecule has 1 aliphatic heterocycles. The summed E-state index contributed by atoms with van der Waals surface area (Å²) in [7, 11) is 0. The van der Waals surface area contributed by atoms with Gasteiger partial charge in [-0.3, -0.25) is 14.9 Å². The number of nitro benzene ring substituents is 1. The van der Waals surface area contributed by atoms with Gasteiger partial charge < -0.3 is 10.0 Å². The molecule has 1 saturated heterocycles. The van der Waals surface area contributed by atoms with Gasteiger partial charge in [-0.25, -0.2) is 0 Å². The summed E-state index contributed by atoms with van der Waals surface area (Å²) in [6, 6.07) is 4.27. The Morgan fingerprint density at radius 2 is 2.25 bits per heavy atom. The number of hydrogen-bond donors (Lipinski definition) is 1. The van der Waals surface area contributed by atoms with Gasteiger partial charge in [-0.05, 0) is 31.9 Å². The quantitative estimate of drug-likeness (QED) is 0.674. The average Bonchev–Trinajstić information content (AvgIpc) is 2.87. The number of aryl methyl sites for hydroxylation is 1. The number of hydrogen-bond acceptors (Lipinski definition) is 4. The number of aliphatic hydroxyl groups excluding tert-OH is 1. The molecule has 0 aliphatic carbocycles. The molecule has 2 rings (SSSR count). The minimum atomic E-state index is -0.472. The third kappa shape index (κ3) is 2.80. The molecule has 2 unspecified atom stereocenters. The van der Waals surface area contributed by atoms with Gasteiger partial charge in [0.15, 0.2) is 0 Å². The molecule has 1 aromatic carbocycles. The molecule has 6 heteroatoms. The normalized spacial score (nSPS) is 19.9. The summed E-state index contributed by atoms with van der Waals surface area (Å²) in [6.45, 7) is 4.58. The first-order valence-electron chi connectivity index (χ1n) is 6.62. The van der Waals surface area contributed by atoms with Crippen LogP contribution in [0.5, 0.6) is 0 Å². The van der Waals surface area contributed by atoms with E-state index >= 15 is 0 Å². The van der Waals surface area contributed by atoms with E-state index in [0.717, 1.165) is 6.42 Å². The van der Waals surface area contributed by atoms with Crippen molar-refractivity contribution in [1.29, 1.82) is 0 Å². The van der Waals surface area contributed by atoms with E-state index in [0.29, 0.717) is 24.2 Å². The number of likely N-dealkylation sites (tertiary alicyclic amines) is 1. The Hall–Kier alpha value is -1.95. The molecule has 0 spiro atoms. The smallest absolute Gasteiger partial charge is 0.269 e. The third-order valence-electron chi connectivity index (χ3n) is 3.85. The molecule has 6 nitrogen and oxygen atoms in total. The van der Waals surface area contributed by atoms with E-state index in [-0.39, 0.29) is 17.5 Å². The number of non-ortho nitro benzene ring substituents is 1. The highest BCUT2D eigenvalue weighted by Gasteiger charge is 2.30. The van der Waals surface area contributed by atoms with Crippen LogP contribution in [0.15, 0.2) is 18.2 Å². The van der Waals surface area contributed by atoms with Crippen molar-refractivity contribution < 1.29 is 14.8 Å². The van der Waals surface area contributed by atoms with Gasteiger partial charge in [-0.2, -0.15) is 0 Å². The summed E-state index contributed by atoms with van der Waals surface area (Å²) in [5.41, 5.74) is 1.08. The van der Waals surface area contributed by atoms with Crippen LogP contribution < -0.4 is 0 Å². The summed E-state index contributed by atoms with van der Waals surface area (Å²) >= 11 is 0. The topological polar surface area (TPSA) is 83.7 Å². The second-order valence-corrected chi connectivity index (χ2v) is 5.30. The van der Waals surface area contributed by atoms with Crippen molar-refractivity contribution in [2.24, 2.45) is 5.92 Å². The molecule has 1 fully saturated rings. The number of carbonyl (C=O) groups is 1. The Morgan fingerprint density at radius 1 is 1.55 bits per heavy atom. The van der Waals surface area contributed by atoms with Crippen LogP contribution in [0.1, 0.15) is 29.3 Å². The first kappa shape index (κ1) is 14.5. The largest absolute Gasteiger partial charge is 0.393 e. The van der Waals surface area contributed by atoms with Crippen LogP contribution in [0.25, 0.3) is 0 Å². The van der Waals surface area contributed by atoms with Gasteiger partial charge in [0.1, 0.15) is 0 Å². The molecule has 2 atom stereocenters. The number of amides is 1. The monoisotopic (exact) mass is 278 g/mol. The Balaban J connectivity index is 2.16. The van der Waals surface area contributed by atoms with Gasteiger partial charge in [0.05, 0.1) is 11.0 Å². The number of aliphatic hydroxyl groups is 1. The van der Waals surface area contributed by atoms with E-state index in [9.17, 15) is 20.0 Å². The Bertz CT molecular complexity index is 542. The highest BCUT2D eigenvalue weighted by molar-refractivity contribution is 5.96. The number of rotatable bonds is 3. The predicted octanol–water partition coefficient (Wildman–Crippen LogP) is 1.75. The molecule has 20 heavy (non-hydrogen) atoms. The van der Waals surface area contributed by atoms with E-state index in [2.05, 4.69) is 0 Å². The van der Waals surface area contributed by atoms with Crippen LogP contribution in [0.4, 0.5) is 5.69 Å².